The lowest BCUT2D eigenvalue weighted by Crippen LogP contribution is -2.49. The maximum atomic E-state index is 14.0. The molecule has 0 spiro atoms. The number of nitriles is 1. The molecule has 5 aromatic rings. The Morgan fingerprint density at radius 2 is 1.68 bits per heavy atom. The first-order chi connectivity index (χ1) is 32.9. The predicted octanol–water partition coefficient (Wildman–Crippen LogP) is 7.15. The van der Waals surface area contributed by atoms with Gasteiger partial charge in [-0.25, -0.2) is 4.98 Å². The minimum absolute atomic E-state index is 0.00375. The summed E-state index contributed by atoms with van der Waals surface area (Å²) in [5.74, 6) is 10.5. The van der Waals surface area contributed by atoms with Crippen molar-refractivity contribution in [1.82, 2.24) is 25.0 Å². The fourth-order valence-corrected chi connectivity index (χ4v) is 9.46. The number of aliphatic hydroxyl groups excluding tert-OH is 1. The van der Waals surface area contributed by atoms with E-state index in [2.05, 4.69) is 39.1 Å². The zero-order valence-corrected chi connectivity index (χ0v) is 39.8. The van der Waals surface area contributed by atoms with Crippen molar-refractivity contribution >= 4 is 57.8 Å². The van der Waals surface area contributed by atoms with E-state index in [1.54, 1.807) is 72.1 Å². The zero-order valence-electron chi connectivity index (χ0n) is 38.2. The molecule has 19 heteroatoms. The van der Waals surface area contributed by atoms with E-state index in [1.165, 1.54) is 38.9 Å². The topological polar surface area (TPSA) is 166 Å². The number of carbonyl (C=O) groups excluding carboxylic acids is 3. The number of halogens is 3. The summed E-state index contributed by atoms with van der Waals surface area (Å²) >= 11 is 7.25. The Balaban J connectivity index is 0.889. The zero-order chi connectivity index (χ0) is 49.6. The van der Waals surface area contributed by atoms with Crippen LogP contribution in [-0.4, -0.2) is 91.2 Å². The minimum atomic E-state index is -4.56. The number of hydrogen-bond acceptors (Lipinski definition) is 11. The number of nitrogens with one attached hydrogen (secondary N) is 1. The van der Waals surface area contributed by atoms with Gasteiger partial charge in [0.1, 0.15) is 36.6 Å². The number of thiocarbonyl (C=S) groups is 1. The van der Waals surface area contributed by atoms with E-state index in [4.69, 9.17) is 21.7 Å². The highest BCUT2D eigenvalue weighted by Gasteiger charge is 2.50. The molecule has 14 nitrogen and oxygen atoms in total. The molecule has 2 fully saturated rings. The number of aliphatic hydroxyl groups is 1. The van der Waals surface area contributed by atoms with Gasteiger partial charge in [0, 0.05) is 25.2 Å². The average Bonchev–Trinajstić information content (AvgIpc) is 4.09. The summed E-state index contributed by atoms with van der Waals surface area (Å²) in [5, 5.41) is 27.3. The van der Waals surface area contributed by atoms with Crippen molar-refractivity contribution in [3.63, 3.8) is 0 Å². The van der Waals surface area contributed by atoms with Gasteiger partial charge in [0.05, 0.1) is 58.3 Å². The predicted molar refractivity (Wildman–Crippen MR) is 257 cm³/mol. The van der Waals surface area contributed by atoms with Crippen LogP contribution in [0, 0.1) is 47.9 Å². The number of aromatic nitrogens is 3. The number of aryl methyl sites for hydroxylation is 1. The first-order valence-corrected chi connectivity index (χ1v) is 23.0. The van der Waals surface area contributed by atoms with Gasteiger partial charge in [-0.15, -0.1) is 11.3 Å². The largest absolute Gasteiger partial charge is 0.481 e. The van der Waals surface area contributed by atoms with E-state index in [9.17, 15) is 37.9 Å². The van der Waals surface area contributed by atoms with E-state index in [0.29, 0.717) is 17.2 Å². The van der Waals surface area contributed by atoms with Crippen LogP contribution in [0.5, 0.6) is 11.5 Å². The van der Waals surface area contributed by atoms with Crippen molar-refractivity contribution in [3.05, 3.63) is 107 Å². The number of alkyl halides is 3. The second-order valence-electron chi connectivity index (χ2n) is 17.2. The number of ether oxygens (including phenoxy) is 2. The second kappa shape index (κ2) is 21.0. The van der Waals surface area contributed by atoms with Gasteiger partial charge in [-0.3, -0.25) is 24.0 Å². The molecule has 0 saturated carbocycles. The van der Waals surface area contributed by atoms with E-state index in [1.807, 2.05) is 45.0 Å². The molecule has 2 saturated heterocycles. The molecule has 69 heavy (non-hydrogen) atoms. The Labute approximate surface area is 406 Å². The van der Waals surface area contributed by atoms with Crippen LogP contribution in [0.15, 0.2) is 84.6 Å². The Morgan fingerprint density at radius 3 is 2.30 bits per heavy atom. The number of amides is 3. The molecule has 3 aromatic carbocycles. The van der Waals surface area contributed by atoms with E-state index in [0.717, 1.165) is 21.7 Å². The van der Waals surface area contributed by atoms with Gasteiger partial charge in [-0.1, -0.05) is 38.1 Å². The summed E-state index contributed by atoms with van der Waals surface area (Å²) in [6.45, 7) is 9.28. The maximum absolute atomic E-state index is 14.0. The van der Waals surface area contributed by atoms with Crippen molar-refractivity contribution in [3.8, 4) is 51.7 Å². The Hall–Kier alpha value is -7.24. The molecule has 3 amide bonds. The van der Waals surface area contributed by atoms with Gasteiger partial charge in [-0.05, 0) is 122 Å². The first kappa shape index (κ1) is 49.7. The lowest BCUT2D eigenvalue weighted by Gasteiger charge is -2.30. The highest BCUT2D eigenvalue weighted by Crippen LogP contribution is 2.38. The lowest BCUT2D eigenvalue weighted by atomic mass is 10.0. The first-order valence-electron chi connectivity index (χ1n) is 21.8. The summed E-state index contributed by atoms with van der Waals surface area (Å²) in [7, 11) is 0. The average molecular weight is 977 g/mol. The van der Waals surface area contributed by atoms with Crippen molar-refractivity contribution in [1.29, 1.82) is 5.26 Å². The Bertz CT molecular complexity index is 2900. The summed E-state index contributed by atoms with van der Waals surface area (Å²) in [6.07, 6.45) is -3.56. The number of likely N-dealkylation sites (tertiary alicyclic amines) is 1. The molecule has 0 radical (unpaired) electrons. The van der Waals surface area contributed by atoms with E-state index in [-0.39, 0.29) is 72.4 Å². The number of β-amino-alcohol motifs (C(OH)–C–C–N with tert-alkyl or cyclic N) is 1. The number of thiazole rings is 1. The van der Waals surface area contributed by atoms with Crippen molar-refractivity contribution in [2.24, 2.45) is 5.92 Å². The second-order valence-corrected chi connectivity index (χ2v) is 18.4. The van der Waals surface area contributed by atoms with Crippen LogP contribution in [0.2, 0.25) is 0 Å². The normalized spacial score (nSPS) is 16.9. The van der Waals surface area contributed by atoms with Crippen LogP contribution in [0.4, 0.5) is 24.5 Å². The molecule has 2 aliphatic rings. The Morgan fingerprint density at radius 1 is 1.01 bits per heavy atom. The summed E-state index contributed by atoms with van der Waals surface area (Å²) in [6, 6.07) is 18.6. The van der Waals surface area contributed by atoms with Gasteiger partial charge in [0.25, 0.3) is 5.91 Å². The molecule has 4 heterocycles. The standard InChI is InChI=1S/C50H47F3N8O6S2/c1-31(2)43(46(64)58-28-39(62)23-42(58)45(63)55-26-33-10-12-34(13-11-33)44-32(3)56-30-69-44)59-29-41(27-57-59)67-21-9-7-6-8-20-66-40-18-16-37(17-19-40)61-48(68)60(47(65)49(61,4)5)38-15-14-35(25-54)36(22-38)24-50(51,52)53/h10-19,22,27,29-31,39,42-43,62H,20-21,23-24,26,28H2,1-5H3,(H,55,63). The van der Waals surface area contributed by atoms with Crippen LogP contribution in [0.3, 0.4) is 0 Å². The number of rotatable bonds is 14. The number of nitrogens with zero attached hydrogens (tertiary/aromatic N) is 7. The van der Waals surface area contributed by atoms with Crippen LogP contribution in [0.1, 0.15) is 62.5 Å². The fraction of sp³-hybridized carbons (Fsp3) is 0.340. The van der Waals surface area contributed by atoms with Crippen LogP contribution in [-0.2, 0) is 27.3 Å². The highest BCUT2D eigenvalue weighted by atomic mass is 32.1. The number of carbonyl (C=O) groups is 3. The highest BCUT2D eigenvalue weighted by molar-refractivity contribution is 7.81. The minimum Gasteiger partial charge on any atom is -0.481 e. The molecule has 0 aliphatic carbocycles. The Kier molecular flexibility index (Phi) is 15.1. The molecular weight excluding hydrogens is 930 g/mol. The molecule has 2 N–H and O–H groups in total. The molecule has 0 bridgehead atoms. The van der Waals surface area contributed by atoms with Crippen molar-refractivity contribution in [2.75, 3.05) is 29.6 Å². The van der Waals surface area contributed by atoms with Crippen molar-refractivity contribution in [2.45, 2.75) is 83.9 Å². The molecule has 2 aromatic heterocycles. The third-order valence-corrected chi connectivity index (χ3v) is 12.9. The number of benzene rings is 3. The molecule has 2 aliphatic heterocycles. The quantitative estimate of drug-likeness (QED) is 0.0858. The van der Waals surface area contributed by atoms with Crippen molar-refractivity contribution < 1.29 is 42.1 Å². The smallest absolute Gasteiger partial charge is 0.393 e. The molecule has 7 rings (SSSR count). The molecule has 356 valence electrons. The van der Waals surface area contributed by atoms with E-state index >= 15 is 0 Å². The van der Waals surface area contributed by atoms with Gasteiger partial charge in [-0.2, -0.15) is 23.5 Å². The lowest BCUT2D eigenvalue weighted by molar-refractivity contribution is -0.142. The summed E-state index contributed by atoms with van der Waals surface area (Å²) in [5.41, 5.74) is 3.78. The van der Waals surface area contributed by atoms with Gasteiger partial charge in [0.2, 0.25) is 11.8 Å². The maximum Gasteiger partial charge on any atom is 0.393 e. The third-order valence-electron chi connectivity index (χ3n) is 11.5. The number of hydrogen-bond donors (Lipinski definition) is 2. The monoisotopic (exact) mass is 976 g/mol. The summed E-state index contributed by atoms with van der Waals surface area (Å²) < 4.78 is 52.8. The SMILES string of the molecule is Cc1ncsc1-c1ccc(CNC(=O)C2CC(O)CN2C(=O)C(C(C)C)n2cc(OCC#CC#CCOc3ccc(N4C(=S)N(c5ccc(C#N)c(CC(F)(F)F)c5)C(=O)C4(C)C)cc3)cn2)cc1. The molecule has 3 atom stereocenters. The molecular formula is C50H47F3N8O6S2. The van der Waals surface area contributed by atoms with Gasteiger partial charge >= 0.3 is 6.18 Å². The summed E-state index contributed by atoms with van der Waals surface area (Å²) in [4.78, 5) is 50.7. The molecule has 3 unspecified atom stereocenters. The fourth-order valence-electron chi connectivity index (χ4n) is 8.12. The third kappa shape index (κ3) is 11.4. The van der Waals surface area contributed by atoms with Crippen LogP contribution < -0.4 is 24.6 Å². The van der Waals surface area contributed by atoms with Crippen LogP contribution >= 0.6 is 23.6 Å². The van der Waals surface area contributed by atoms with Gasteiger partial charge < -0.3 is 29.7 Å². The number of anilines is 2. The van der Waals surface area contributed by atoms with Gasteiger partial charge in [0.15, 0.2) is 10.9 Å². The van der Waals surface area contributed by atoms with Crippen LogP contribution in [0.25, 0.3) is 10.4 Å². The van der Waals surface area contributed by atoms with E-state index < -0.39 is 42.2 Å².